The van der Waals surface area contributed by atoms with E-state index in [1.54, 1.807) is 0 Å². The fourth-order valence-corrected chi connectivity index (χ4v) is 3.60. The molecule has 0 bridgehead atoms. The van der Waals surface area contributed by atoms with Gasteiger partial charge < -0.3 is 10.2 Å². The fourth-order valence-electron chi connectivity index (χ4n) is 3.60. The Kier molecular flexibility index (Phi) is 4.87. The van der Waals surface area contributed by atoms with E-state index in [4.69, 9.17) is 0 Å². The molecular weight excluding hydrogens is 208 g/mol. The van der Waals surface area contributed by atoms with Crippen molar-refractivity contribution in [3.63, 3.8) is 0 Å². The molecule has 0 aromatic rings. The van der Waals surface area contributed by atoms with Gasteiger partial charge in [0.15, 0.2) is 0 Å². The molecule has 2 heteroatoms. The highest BCUT2D eigenvalue weighted by atomic mass is 15.2. The van der Waals surface area contributed by atoms with Gasteiger partial charge in [0.1, 0.15) is 0 Å². The van der Waals surface area contributed by atoms with Crippen LogP contribution in [0.15, 0.2) is 0 Å². The Balaban J connectivity index is 1.75. The molecule has 17 heavy (non-hydrogen) atoms. The van der Waals surface area contributed by atoms with Gasteiger partial charge in [0.2, 0.25) is 0 Å². The van der Waals surface area contributed by atoms with Crippen molar-refractivity contribution in [2.24, 2.45) is 11.8 Å². The monoisotopic (exact) mass is 238 g/mol. The van der Waals surface area contributed by atoms with Gasteiger partial charge >= 0.3 is 0 Å². The van der Waals surface area contributed by atoms with E-state index >= 15 is 0 Å². The van der Waals surface area contributed by atoms with Crippen LogP contribution in [-0.4, -0.2) is 37.1 Å². The lowest BCUT2D eigenvalue weighted by Gasteiger charge is -2.40. The van der Waals surface area contributed by atoms with Crippen LogP contribution in [0, 0.1) is 11.8 Å². The molecular formula is C15H30N2. The molecule has 0 amide bonds. The molecule has 100 valence electrons. The lowest BCUT2D eigenvalue weighted by molar-refractivity contribution is 0.102. The van der Waals surface area contributed by atoms with Gasteiger partial charge in [-0.25, -0.2) is 0 Å². The number of nitrogens with zero attached hydrogens (tertiary/aromatic N) is 1. The van der Waals surface area contributed by atoms with Crippen molar-refractivity contribution < 1.29 is 0 Å². The second-order valence-electron chi connectivity index (χ2n) is 6.48. The van der Waals surface area contributed by atoms with Crippen molar-refractivity contribution in [2.45, 2.75) is 64.5 Å². The number of rotatable bonds is 3. The maximum Gasteiger partial charge on any atom is 0.00910 e. The van der Waals surface area contributed by atoms with Crippen LogP contribution in [0.5, 0.6) is 0 Å². The van der Waals surface area contributed by atoms with E-state index in [1.165, 1.54) is 51.6 Å². The van der Waals surface area contributed by atoms with Gasteiger partial charge in [-0.05, 0) is 58.0 Å². The van der Waals surface area contributed by atoms with Crippen molar-refractivity contribution in [2.75, 3.05) is 20.1 Å². The predicted molar refractivity (Wildman–Crippen MR) is 74.2 cm³/mol. The molecule has 1 saturated carbocycles. The number of hydrogen-bond donors (Lipinski definition) is 1. The summed E-state index contributed by atoms with van der Waals surface area (Å²) in [6.45, 7) is 7.50. The molecule has 1 aliphatic carbocycles. The molecule has 2 aliphatic rings. The standard InChI is InChI=1S/C15H30N2/c1-12-4-6-14(7-5-12)11-17-9-8-15(16-3)10-13(17)2/h12-16H,4-11H2,1-3H3. The van der Waals surface area contributed by atoms with Gasteiger partial charge in [-0.3, -0.25) is 0 Å². The molecule has 2 rings (SSSR count). The Morgan fingerprint density at radius 2 is 1.76 bits per heavy atom. The van der Waals surface area contributed by atoms with Crippen molar-refractivity contribution in [1.82, 2.24) is 10.2 Å². The number of piperidine rings is 1. The van der Waals surface area contributed by atoms with Crippen LogP contribution in [0.2, 0.25) is 0 Å². The highest BCUT2D eigenvalue weighted by molar-refractivity contribution is 4.84. The van der Waals surface area contributed by atoms with Gasteiger partial charge in [0.05, 0.1) is 0 Å². The Morgan fingerprint density at radius 3 is 2.35 bits per heavy atom. The lowest BCUT2D eigenvalue weighted by Crippen LogP contribution is -2.48. The summed E-state index contributed by atoms with van der Waals surface area (Å²) in [7, 11) is 2.11. The molecule has 0 aromatic heterocycles. The van der Waals surface area contributed by atoms with Gasteiger partial charge in [0.25, 0.3) is 0 Å². The molecule has 2 atom stereocenters. The molecule has 0 aromatic carbocycles. The minimum Gasteiger partial charge on any atom is -0.317 e. The van der Waals surface area contributed by atoms with Crippen molar-refractivity contribution >= 4 is 0 Å². The largest absolute Gasteiger partial charge is 0.317 e. The van der Waals surface area contributed by atoms with E-state index < -0.39 is 0 Å². The Morgan fingerprint density at radius 1 is 1.06 bits per heavy atom. The highest BCUT2D eigenvalue weighted by Crippen LogP contribution is 2.30. The van der Waals surface area contributed by atoms with Crippen LogP contribution >= 0.6 is 0 Å². The first-order chi connectivity index (χ1) is 8.19. The normalized spacial score (nSPS) is 40.4. The van der Waals surface area contributed by atoms with Crippen molar-refractivity contribution in [3.8, 4) is 0 Å². The molecule has 1 saturated heterocycles. The third-order valence-corrected chi connectivity index (χ3v) is 5.05. The minimum atomic E-state index is 0.757. The lowest BCUT2D eigenvalue weighted by atomic mass is 9.82. The van der Waals surface area contributed by atoms with Gasteiger partial charge in [-0.15, -0.1) is 0 Å². The van der Waals surface area contributed by atoms with E-state index in [0.29, 0.717) is 0 Å². The van der Waals surface area contributed by atoms with E-state index in [9.17, 15) is 0 Å². The third kappa shape index (κ3) is 3.69. The van der Waals surface area contributed by atoms with Crippen molar-refractivity contribution in [1.29, 1.82) is 0 Å². The van der Waals surface area contributed by atoms with E-state index in [0.717, 1.165) is 23.9 Å². The highest BCUT2D eigenvalue weighted by Gasteiger charge is 2.27. The molecule has 2 nitrogen and oxygen atoms in total. The van der Waals surface area contributed by atoms with E-state index in [-0.39, 0.29) is 0 Å². The summed E-state index contributed by atoms with van der Waals surface area (Å²) in [5.74, 6) is 1.97. The quantitative estimate of drug-likeness (QED) is 0.813. The van der Waals surface area contributed by atoms with Crippen molar-refractivity contribution in [3.05, 3.63) is 0 Å². The predicted octanol–water partition coefficient (Wildman–Crippen LogP) is 2.89. The zero-order valence-corrected chi connectivity index (χ0v) is 11.9. The summed E-state index contributed by atoms with van der Waals surface area (Å²) in [6, 6.07) is 1.54. The average Bonchev–Trinajstić information content (AvgIpc) is 2.34. The van der Waals surface area contributed by atoms with Crippen LogP contribution < -0.4 is 5.32 Å². The van der Waals surface area contributed by atoms with E-state index in [2.05, 4.69) is 31.1 Å². The first-order valence-electron chi connectivity index (χ1n) is 7.60. The zero-order valence-electron chi connectivity index (χ0n) is 11.9. The summed E-state index contributed by atoms with van der Waals surface area (Å²) in [5, 5.41) is 3.44. The Hall–Kier alpha value is -0.0800. The summed E-state index contributed by atoms with van der Waals surface area (Å²) in [4.78, 5) is 2.74. The topological polar surface area (TPSA) is 15.3 Å². The number of likely N-dealkylation sites (tertiary alicyclic amines) is 1. The van der Waals surface area contributed by atoms with Crippen LogP contribution in [0.4, 0.5) is 0 Å². The molecule has 2 unspecified atom stereocenters. The molecule has 2 fully saturated rings. The van der Waals surface area contributed by atoms with Gasteiger partial charge in [-0.2, -0.15) is 0 Å². The first kappa shape index (κ1) is 13.4. The molecule has 0 radical (unpaired) electrons. The molecule has 1 heterocycles. The summed E-state index contributed by atoms with van der Waals surface area (Å²) < 4.78 is 0. The second-order valence-corrected chi connectivity index (χ2v) is 6.48. The smallest absolute Gasteiger partial charge is 0.00910 e. The molecule has 1 aliphatic heterocycles. The maximum absolute atomic E-state index is 3.44. The first-order valence-corrected chi connectivity index (χ1v) is 7.60. The fraction of sp³-hybridized carbons (Fsp3) is 1.00. The third-order valence-electron chi connectivity index (χ3n) is 5.05. The molecule has 0 spiro atoms. The second kappa shape index (κ2) is 6.19. The average molecular weight is 238 g/mol. The SMILES string of the molecule is CNC1CCN(CC2CCC(C)CC2)C(C)C1. The molecule has 1 N–H and O–H groups in total. The Bertz CT molecular complexity index is 221. The van der Waals surface area contributed by atoms with Crippen LogP contribution in [0.3, 0.4) is 0 Å². The summed E-state index contributed by atoms with van der Waals surface area (Å²) in [5.41, 5.74) is 0. The summed E-state index contributed by atoms with van der Waals surface area (Å²) in [6.07, 6.45) is 8.54. The zero-order chi connectivity index (χ0) is 12.3. The van der Waals surface area contributed by atoms with Crippen LogP contribution in [-0.2, 0) is 0 Å². The van der Waals surface area contributed by atoms with E-state index in [1.807, 2.05) is 0 Å². The van der Waals surface area contributed by atoms with Crippen LogP contribution in [0.25, 0.3) is 0 Å². The minimum absolute atomic E-state index is 0.757. The van der Waals surface area contributed by atoms with Crippen LogP contribution in [0.1, 0.15) is 52.4 Å². The summed E-state index contributed by atoms with van der Waals surface area (Å²) >= 11 is 0. The maximum atomic E-state index is 3.44. The van der Waals surface area contributed by atoms with Gasteiger partial charge in [-0.1, -0.05) is 19.8 Å². The Labute approximate surface area is 107 Å². The number of nitrogens with one attached hydrogen (secondary N) is 1. The number of hydrogen-bond acceptors (Lipinski definition) is 2. The van der Waals surface area contributed by atoms with Gasteiger partial charge in [0, 0.05) is 18.6 Å².